The Balaban J connectivity index is 1.49. The second-order valence-corrected chi connectivity index (χ2v) is 7.02. The second-order valence-electron chi connectivity index (χ2n) is 7.02. The maximum Gasteiger partial charge on any atom is 0.220 e. The highest BCUT2D eigenvalue weighted by atomic mass is 19.1. The average molecular weight is 399 g/mol. The molecule has 0 saturated carbocycles. The van der Waals surface area contributed by atoms with Crippen LogP contribution in [0.4, 0.5) is 4.39 Å². The van der Waals surface area contributed by atoms with Crippen LogP contribution in [0.5, 0.6) is 0 Å². The summed E-state index contributed by atoms with van der Waals surface area (Å²) in [5, 5.41) is 16.2. The van der Waals surface area contributed by atoms with Gasteiger partial charge in [0.2, 0.25) is 17.3 Å². The molecule has 0 unspecified atom stereocenters. The number of ketones is 2. The van der Waals surface area contributed by atoms with Crippen LogP contribution in [-0.4, -0.2) is 21.3 Å². The third-order valence-corrected chi connectivity index (χ3v) is 5.18. The summed E-state index contributed by atoms with van der Waals surface area (Å²) in [6, 6.07) is 19.9. The van der Waals surface area contributed by atoms with E-state index in [4.69, 9.17) is 0 Å². The maximum absolute atomic E-state index is 13.1. The summed E-state index contributed by atoms with van der Waals surface area (Å²) in [4.78, 5) is 25.9. The van der Waals surface area contributed by atoms with Crippen molar-refractivity contribution in [1.82, 2.24) is 9.78 Å². The lowest BCUT2D eigenvalue weighted by Crippen LogP contribution is -2.41. The van der Waals surface area contributed by atoms with Gasteiger partial charge >= 0.3 is 0 Å². The Morgan fingerprint density at radius 3 is 2.03 bits per heavy atom. The Hall–Kier alpha value is -4.13. The lowest BCUT2D eigenvalue weighted by atomic mass is 9.90. The van der Waals surface area contributed by atoms with Crippen molar-refractivity contribution in [2.75, 3.05) is 0 Å². The molecular formula is C23H14FN3O3. The summed E-state index contributed by atoms with van der Waals surface area (Å²) >= 11 is 0. The smallest absolute Gasteiger partial charge is 0.220 e. The van der Waals surface area contributed by atoms with Gasteiger partial charge in [0.15, 0.2) is 5.69 Å². The van der Waals surface area contributed by atoms with Crippen LogP contribution in [0.1, 0.15) is 37.7 Å². The molecule has 1 aliphatic rings. The van der Waals surface area contributed by atoms with Crippen molar-refractivity contribution < 1.29 is 18.9 Å². The summed E-state index contributed by atoms with van der Waals surface area (Å²) in [5.74, 6) is -1.14. The van der Waals surface area contributed by atoms with Gasteiger partial charge in [-0.05, 0) is 28.8 Å². The van der Waals surface area contributed by atoms with Crippen LogP contribution in [0.15, 0.2) is 72.8 Å². The number of carbonyl (C=O) groups is 2. The molecule has 0 fully saturated rings. The molecule has 1 aliphatic carbocycles. The van der Waals surface area contributed by atoms with E-state index in [-0.39, 0.29) is 34.9 Å². The molecule has 6 nitrogen and oxygen atoms in total. The molecular weight excluding hydrogens is 385 g/mol. The van der Waals surface area contributed by atoms with Crippen LogP contribution in [0.2, 0.25) is 0 Å². The zero-order valence-electron chi connectivity index (χ0n) is 15.6. The number of rotatable bonds is 3. The molecule has 7 heteroatoms. The van der Waals surface area contributed by atoms with E-state index in [0.29, 0.717) is 4.96 Å². The van der Waals surface area contributed by atoms with Gasteiger partial charge in [0, 0.05) is 21.2 Å². The van der Waals surface area contributed by atoms with E-state index >= 15 is 0 Å². The Kier molecular flexibility index (Phi) is 4.03. The first kappa shape index (κ1) is 17.9. The van der Waals surface area contributed by atoms with Crippen LogP contribution in [0, 0.1) is 11.0 Å². The fraction of sp³-hybridized carbons (Fsp3) is 0.0435. The number of halogens is 1. The van der Waals surface area contributed by atoms with Gasteiger partial charge in [0.05, 0.1) is 0 Å². The molecule has 0 spiro atoms. The molecule has 0 radical (unpaired) electrons. The molecule has 0 saturated heterocycles. The van der Waals surface area contributed by atoms with Gasteiger partial charge in [-0.15, -0.1) is 4.68 Å². The molecule has 1 heterocycles. The zero-order valence-corrected chi connectivity index (χ0v) is 15.6. The van der Waals surface area contributed by atoms with Gasteiger partial charge in [0.1, 0.15) is 12.4 Å². The highest BCUT2D eigenvalue weighted by Gasteiger charge is 2.39. The standard InChI is InChI=1S/C23H14FN3O3/c24-17-11-9-16(10-12-17)15-7-5-14(6-8-15)13-26-21-20(25-27(26)30)22(28)18-3-1-2-4-19(18)23(21)29/h1-12H,13H2. The monoisotopic (exact) mass is 399 g/mol. The van der Waals surface area contributed by atoms with E-state index in [9.17, 15) is 19.2 Å². The molecule has 0 bridgehead atoms. The van der Waals surface area contributed by atoms with Crippen molar-refractivity contribution in [3.8, 4) is 11.1 Å². The molecule has 0 aliphatic heterocycles. The van der Waals surface area contributed by atoms with Gasteiger partial charge in [-0.2, -0.15) is 0 Å². The third-order valence-electron chi connectivity index (χ3n) is 5.18. The summed E-state index contributed by atoms with van der Waals surface area (Å²) in [5.41, 5.74) is 2.89. The topological polar surface area (TPSA) is 78.9 Å². The van der Waals surface area contributed by atoms with Crippen LogP contribution in [0.3, 0.4) is 0 Å². The Morgan fingerprint density at radius 2 is 1.40 bits per heavy atom. The molecule has 146 valence electrons. The van der Waals surface area contributed by atoms with E-state index < -0.39 is 11.6 Å². The first-order valence-corrected chi connectivity index (χ1v) is 9.27. The predicted molar refractivity (Wildman–Crippen MR) is 105 cm³/mol. The van der Waals surface area contributed by atoms with Crippen molar-refractivity contribution in [3.05, 3.63) is 112 Å². The number of nitrogens with zero attached hydrogens (tertiary/aromatic N) is 3. The van der Waals surface area contributed by atoms with Gasteiger partial charge in [-0.3, -0.25) is 9.59 Å². The van der Waals surface area contributed by atoms with E-state index in [2.05, 4.69) is 5.10 Å². The van der Waals surface area contributed by atoms with Gasteiger partial charge in [-0.1, -0.05) is 60.7 Å². The van der Waals surface area contributed by atoms with Crippen LogP contribution in [0.25, 0.3) is 11.1 Å². The van der Waals surface area contributed by atoms with E-state index in [1.165, 1.54) is 16.8 Å². The number of aromatic nitrogens is 3. The maximum atomic E-state index is 13.1. The lowest BCUT2D eigenvalue weighted by Gasteiger charge is -2.12. The molecule has 30 heavy (non-hydrogen) atoms. The Morgan fingerprint density at radius 1 is 0.833 bits per heavy atom. The minimum atomic E-state index is -0.435. The van der Waals surface area contributed by atoms with Crippen LogP contribution >= 0.6 is 0 Å². The van der Waals surface area contributed by atoms with Crippen molar-refractivity contribution in [2.24, 2.45) is 0 Å². The van der Waals surface area contributed by atoms with Crippen molar-refractivity contribution in [3.63, 3.8) is 0 Å². The van der Waals surface area contributed by atoms with Crippen LogP contribution < -0.4 is 4.96 Å². The molecule has 0 amide bonds. The molecule has 3 aromatic carbocycles. The van der Waals surface area contributed by atoms with Crippen molar-refractivity contribution in [1.29, 1.82) is 0 Å². The van der Waals surface area contributed by atoms with Gasteiger partial charge < -0.3 is 5.21 Å². The van der Waals surface area contributed by atoms with Gasteiger partial charge in [0.25, 0.3) is 0 Å². The number of carbonyl (C=O) groups excluding carboxylic acids is 2. The highest BCUT2D eigenvalue weighted by molar-refractivity contribution is 6.26. The van der Waals surface area contributed by atoms with Gasteiger partial charge in [-0.25, -0.2) is 4.39 Å². The lowest BCUT2D eigenvalue weighted by molar-refractivity contribution is -0.748. The number of fused-ring (bicyclic) bond motifs is 2. The Bertz CT molecular complexity index is 1310. The summed E-state index contributed by atoms with van der Waals surface area (Å²) in [6.45, 7) is 0.0801. The van der Waals surface area contributed by atoms with Crippen LogP contribution in [-0.2, 0) is 6.54 Å². The number of hydrogen-bond donors (Lipinski definition) is 0. The summed E-state index contributed by atoms with van der Waals surface area (Å²) in [7, 11) is 0. The number of hydrogen-bond acceptors (Lipinski definition) is 4. The first-order valence-electron chi connectivity index (χ1n) is 9.27. The molecule has 4 aromatic rings. The van der Waals surface area contributed by atoms with Crippen molar-refractivity contribution in [2.45, 2.75) is 6.54 Å². The quantitative estimate of drug-likeness (QED) is 0.345. The molecule has 0 N–H and O–H groups in total. The molecule has 5 rings (SSSR count). The summed E-state index contributed by atoms with van der Waals surface area (Å²) in [6.07, 6.45) is 0. The normalized spacial score (nSPS) is 12.6. The minimum absolute atomic E-state index is 0.00342. The predicted octanol–water partition coefficient (Wildman–Crippen LogP) is 3.15. The second kappa shape index (κ2) is 6.73. The average Bonchev–Trinajstić information content (AvgIpc) is 3.10. The van der Waals surface area contributed by atoms with Crippen molar-refractivity contribution >= 4 is 11.6 Å². The largest absolute Gasteiger partial charge is 0.571 e. The van der Waals surface area contributed by atoms with E-state index in [1.807, 2.05) is 24.3 Å². The Labute approximate surface area is 170 Å². The third kappa shape index (κ3) is 2.79. The molecule has 0 atom stereocenters. The first-order chi connectivity index (χ1) is 14.5. The zero-order chi connectivity index (χ0) is 20.8. The van der Waals surface area contributed by atoms with E-state index in [1.54, 1.807) is 36.4 Å². The molecule has 1 aromatic heterocycles. The highest BCUT2D eigenvalue weighted by Crippen LogP contribution is 2.26. The number of benzene rings is 3. The fourth-order valence-corrected chi connectivity index (χ4v) is 3.66. The van der Waals surface area contributed by atoms with E-state index in [0.717, 1.165) is 16.7 Å². The minimum Gasteiger partial charge on any atom is -0.571 e. The SMILES string of the molecule is O=C1c2ccccc2C(=O)c2c1n[n+]([O-])n2Cc1ccc(-c2ccc(F)cc2)cc1. The fourth-order valence-electron chi connectivity index (χ4n) is 3.66. The summed E-state index contributed by atoms with van der Waals surface area (Å²) < 4.78 is 14.3.